The Morgan fingerprint density at radius 1 is 1.06 bits per heavy atom. The molecule has 9 nitrogen and oxygen atoms in total. The average molecular weight is 462 g/mol. The van der Waals surface area contributed by atoms with Crippen molar-refractivity contribution in [1.82, 2.24) is 19.5 Å². The second kappa shape index (κ2) is 8.50. The molecular weight excluding hydrogens is 434 g/mol. The maximum atomic E-state index is 10.6. The Kier molecular flexibility index (Phi) is 5.32. The van der Waals surface area contributed by atoms with Gasteiger partial charge in [0, 0.05) is 23.8 Å². The SMILES string of the molecule is Nc1ncnc2c1ccn2[C@@H]1O[C@H](COc2ccc3cc(C4CCCC4)cnc3c2)[C@@H](O)[C@H]1O. The summed E-state index contributed by atoms with van der Waals surface area (Å²) in [5.41, 5.74) is 8.61. The van der Waals surface area contributed by atoms with Crippen LogP contribution in [0.15, 0.2) is 49.1 Å². The van der Waals surface area contributed by atoms with Gasteiger partial charge < -0.3 is 30.0 Å². The normalized spacial score (nSPS) is 25.5. The quantitative estimate of drug-likeness (QED) is 0.414. The third-order valence-corrected chi connectivity index (χ3v) is 7.07. The number of hydrogen-bond donors (Lipinski definition) is 3. The van der Waals surface area contributed by atoms with E-state index in [2.05, 4.69) is 21.0 Å². The molecule has 4 atom stereocenters. The summed E-state index contributed by atoms with van der Waals surface area (Å²) in [6.45, 7) is 0.0801. The van der Waals surface area contributed by atoms with Gasteiger partial charge in [-0.3, -0.25) is 4.98 Å². The van der Waals surface area contributed by atoms with E-state index in [0.717, 1.165) is 10.9 Å². The Morgan fingerprint density at radius 2 is 1.91 bits per heavy atom. The number of nitrogens with two attached hydrogens (primary N) is 1. The molecule has 0 radical (unpaired) electrons. The Hall–Kier alpha value is -3.27. The zero-order valence-corrected chi connectivity index (χ0v) is 18.6. The predicted octanol–water partition coefficient (Wildman–Crippen LogP) is 2.92. The van der Waals surface area contributed by atoms with Crippen molar-refractivity contribution < 1.29 is 19.7 Å². The lowest BCUT2D eigenvalue weighted by Crippen LogP contribution is -2.34. The van der Waals surface area contributed by atoms with Crippen LogP contribution in [0.5, 0.6) is 5.75 Å². The highest BCUT2D eigenvalue weighted by Crippen LogP contribution is 2.36. The molecule has 1 saturated carbocycles. The Labute approximate surface area is 196 Å². The predicted molar refractivity (Wildman–Crippen MR) is 126 cm³/mol. The maximum absolute atomic E-state index is 10.6. The van der Waals surface area contributed by atoms with Gasteiger partial charge in [0.2, 0.25) is 0 Å². The minimum Gasteiger partial charge on any atom is -0.491 e. The molecule has 1 aliphatic heterocycles. The third-order valence-electron chi connectivity index (χ3n) is 7.07. The van der Waals surface area contributed by atoms with E-state index in [-0.39, 0.29) is 6.61 Å². The molecule has 0 unspecified atom stereocenters. The van der Waals surface area contributed by atoms with Crippen molar-refractivity contribution in [2.75, 3.05) is 12.3 Å². The molecule has 176 valence electrons. The number of rotatable bonds is 5. The van der Waals surface area contributed by atoms with Crippen molar-refractivity contribution in [1.29, 1.82) is 0 Å². The highest BCUT2D eigenvalue weighted by molar-refractivity contribution is 5.86. The van der Waals surface area contributed by atoms with Gasteiger partial charge in [0.15, 0.2) is 6.23 Å². The molecule has 1 saturated heterocycles. The molecule has 1 aromatic carbocycles. The lowest BCUT2D eigenvalue weighted by molar-refractivity contribution is -0.0471. The van der Waals surface area contributed by atoms with Crippen molar-refractivity contribution in [2.24, 2.45) is 0 Å². The topological polar surface area (TPSA) is 129 Å². The average Bonchev–Trinajstić information content (AvgIpc) is 3.59. The fourth-order valence-electron chi connectivity index (χ4n) is 5.16. The summed E-state index contributed by atoms with van der Waals surface area (Å²) in [5.74, 6) is 1.60. The fourth-order valence-corrected chi connectivity index (χ4v) is 5.16. The van der Waals surface area contributed by atoms with Crippen molar-refractivity contribution in [2.45, 2.75) is 56.1 Å². The number of nitrogen functional groups attached to an aromatic ring is 1. The van der Waals surface area contributed by atoms with Gasteiger partial charge in [0.1, 0.15) is 48.5 Å². The van der Waals surface area contributed by atoms with Crippen LogP contribution in [0.1, 0.15) is 43.4 Å². The summed E-state index contributed by atoms with van der Waals surface area (Å²) in [6, 6.07) is 9.79. The zero-order chi connectivity index (χ0) is 23.2. The number of nitrogens with zero attached hydrogens (tertiary/aromatic N) is 4. The van der Waals surface area contributed by atoms with Crippen molar-refractivity contribution >= 4 is 27.8 Å². The second-order valence-corrected chi connectivity index (χ2v) is 9.18. The number of pyridine rings is 1. The number of aliphatic hydroxyl groups is 2. The number of ether oxygens (including phenoxy) is 2. The molecule has 3 aromatic heterocycles. The highest BCUT2D eigenvalue weighted by atomic mass is 16.6. The van der Waals surface area contributed by atoms with Crippen LogP contribution in [0.4, 0.5) is 5.82 Å². The smallest absolute Gasteiger partial charge is 0.164 e. The minimum absolute atomic E-state index is 0.0801. The Bertz CT molecular complexity index is 1340. The molecule has 4 heterocycles. The first-order valence-corrected chi connectivity index (χ1v) is 11.7. The lowest BCUT2D eigenvalue weighted by Gasteiger charge is -2.17. The maximum Gasteiger partial charge on any atom is 0.164 e. The molecule has 0 amide bonds. The van der Waals surface area contributed by atoms with Crippen LogP contribution in [0.25, 0.3) is 21.9 Å². The molecular formula is C25H27N5O4. The molecule has 4 N–H and O–H groups in total. The number of benzene rings is 1. The highest BCUT2D eigenvalue weighted by Gasteiger charge is 2.44. The van der Waals surface area contributed by atoms with Crippen LogP contribution < -0.4 is 10.5 Å². The first kappa shape index (κ1) is 21.3. The first-order valence-electron chi connectivity index (χ1n) is 11.7. The summed E-state index contributed by atoms with van der Waals surface area (Å²) >= 11 is 0. The van der Waals surface area contributed by atoms with Crippen molar-refractivity contribution in [3.63, 3.8) is 0 Å². The molecule has 2 aliphatic rings. The van der Waals surface area contributed by atoms with Gasteiger partial charge in [-0.1, -0.05) is 12.8 Å². The molecule has 2 fully saturated rings. The number of anilines is 1. The largest absolute Gasteiger partial charge is 0.491 e. The first-order chi connectivity index (χ1) is 16.6. The second-order valence-electron chi connectivity index (χ2n) is 9.18. The summed E-state index contributed by atoms with van der Waals surface area (Å²) in [5, 5.41) is 23.0. The van der Waals surface area contributed by atoms with E-state index < -0.39 is 24.5 Å². The van der Waals surface area contributed by atoms with E-state index in [1.165, 1.54) is 37.6 Å². The van der Waals surface area contributed by atoms with E-state index in [9.17, 15) is 10.2 Å². The van der Waals surface area contributed by atoms with E-state index in [4.69, 9.17) is 15.2 Å². The molecule has 4 aromatic rings. The monoisotopic (exact) mass is 461 g/mol. The van der Waals surface area contributed by atoms with Gasteiger partial charge >= 0.3 is 0 Å². The fraction of sp³-hybridized carbons (Fsp3) is 0.400. The third kappa shape index (κ3) is 3.66. The van der Waals surface area contributed by atoms with Crippen molar-refractivity contribution in [3.8, 4) is 5.75 Å². The number of aromatic nitrogens is 4. The minimum atomic E-state index is -1.15. The molecule has 9 heteroatoms. The van der Waals surface area contributed by atoms with Crippen LogP contribution in [-0.2, 0) is 4.74 Å². The van der Waals surface area contributed by atoms with Crippen LogP contribution in [-0.4, -0.2) is 54.7 Å². The molecule has 6 rings (SSSR count). The van der Waals surface area contributed by atoms with Crippen LogP contribution in [0.2, 0.25) is 0 Å². The Morgan fingerprint density at radius 3 is 2.76 bits per heavy atom. The summed E-state index contributed by atoms with van der Waals surface area (Å²) in [6.07, 6.45) is 6.32. The van der Waals surface area contributed by atoms with Gasteiger partial charge in [-0.05, 0) is 48.6 Å². The standard InChI is InChI=1S/C25H27N5O4/c26-23-18-7-8-30(24(18)29-13-28-23)25-22(32)21(31)20(34-25)12-33-17-6-5-15-9-16(11-27-19(15)10-17)14-3-1-2-4-14/h5-11,13-14,20-22,25,31-32H,1-4,12H2,(H2,26,28,29)/t20-,21-,22-,25-/m1/s1. The number of aliphatic hydroxyl groups excluding tert-OH is 2. The molecule has 34 heavy (non-hydrogen) atoms. The summed E-state index contributed by atoms with van der Waals surface area (Å²) < 4.78 is 13.6. The van der Waals surface area contributed by atoms with Crippen LogP contribution in [0.3, 0.4) is 0 Å². The van der Waals surface area contributed by atoms with Crippen molar-refractivity contribution in [3.05, 3.63) is 54.6 Å². The van der Waals surface area contributed by atoms with E-state index >= 15 is 0 Å². The van der Waals surface area contributed by atoms with E-state index in [1.807, 2.05) is 24.4 Å². The van der Waals surface area contributed by atoms with Gasteiger partial charge in [-0.25, -0.2) is 9.97 Å². The molecule has 1 aliphatic carbocycles. The van der Waals surface area contributed by atoms with Gasteiger partial charge in [-0.15, -0.1) is 0 Å². The summed E-state index contributed by atoms with van der Waals surface area (Å²) in [4.78, 5) is 12.9. The van der Waals surface area contributed by atoms with E-state index in [1.54, 1.807) is 16.8 Å². The van der Waals surface area contributed by atoms with Gasteiger partial charge in [0.25, 0.3) is 0 Å². The van der Waals surface area contributed by atoms with Crippen LogP contribution in [0, 0.1) is 0 Å². The number of hydrogen-bond acceptors (Lipinski definition) is 8. The Balaban J connectivity index is 1.16. The molecule has 0 bridgehead atoms. The summed E-state index contributed by atoms with van der Waals surface area (Å²) in [7, 11) is 0. The van der Waals surface area contributed by atoms with E-state index in [0.29, 0.717) is 28.5 Å². The molecule has 0 spiro atoms. The van der Waals surface area contributed by atoms with Gasteiger partial charge in [-0.2, -0.15) is 0 Å². The van der Waals surface area contributed by atoms with Gasteiger partial charge in [0.05, 0.1) is 10.9 Å². The van der Waals surface area contributed by atoms with Crippen LogP contribution >= 0.6 is 0 Å². The lowest BCUT2D eigenvalue weighted by atomic mass is 9.98. The zero-order valence-electron chi connectivity index (χ0n) is 18.6. The number of fused-ring (bicyclic) bond motifs is 2.